The van der Waals surface area contributed by atoms with Gasteiger partial charge in [-0.1, -0.05) is 0 Å². The second-order valence-electron chi connectivity index (χ2n) is 7.54. The Morgan fingerprint density at radius 2 is 1.97 bits per heavy atom. The Kier molecular flexibility index (Phi) is 5.69. The first-order valence-electron chi connectivity index (χ1n) is 10.3. The van der Waals surface area contributed by atoms with Gasteiger partial charge in [0.1, 0.15) is 11.8 Å². The van der Waals surface area contributed by atoms with Crippen LogP contribution in [0.1, 0.15) is 12.8 Å². The fourth-order valence-corrected chi connectivity index (χ4v) is 6.26. The number of hydrogen-bond acceptors (Lipinski definition) is 8. The first-order chi connectivity index (χ1) is 16.0. The predicted octanol–water partition coefficient (Wildman–Crippen LogP) is 3.34. The highest BCUT2D eigenvalue weighted by Gasteiger charge is 2.39. The van der Waals surface area contributed by atoms with Crippen molar-refractivity contribution in [2.45, 2.75) is 23.8 Å². The van der Waals surface area contributed by atoms with Crippen molar-refractivity contribution in [1.29, 1.82) is 0 Å². The van der Waals surface area contributed by atoms with Crippen LogP contribution in [0.15, 0.2) is 52.7 Å². The van der Waals surface area contributed by atoms with Crippen molar-refractivity contribution in [3.8, 4) is 28.5 Å². The molecular formula is C22H21N3O6S2. The molecule has 0 saturated carbocycles. The third-order valence-corrected chi connectivity index (χ3v) is 8.26. The van der Waals surface area contributed by atoms with Gasteiger partial charge in [-0.2, -0.15) is 4.31 Å². The highest BCUT2D eigenvalue weighted by atomic mass is 32.2. The first kappa shape index (κ1) is 21.7. The van der Waals surface area contributed by atoms with Crippen molar-refractivity contribution in [2.75, 3.05) is 25.8 Å². The van der Waals surface area contributed by atoms with E-state index in [2.05, 4.69) is 10.3 Å². The highest BCUT2D eigenvalue weighted by molar-refractivity contribution is 7.89. The van der Waals surface area contributed by atoms with Crippen LogP contribution in [0.3, 0.4) is 0 Å². The van der Waals surface area contributed by atoms with Crippen LogP contribution >= 0.6 is 11.3 Å². The van der Waals surface area contributed by atoms with E-state index in [-0.39, 0.29) is 18.2 Å². The monoisotopic (exact) mass is 487 g/mol. The van der Waals surface area contributed by atoms with E-state index >= 15 is 0 Å². The van der Waals surface area contributed by atoms with Gasteiger partial charge in [0.25, 0.3) is 0 Å². The third-order valence-electron chi connectivity index (χ3n) is 5.58. The maximum atomic E-state index is 13.2. The summed E-state index contributed by atoms with van der Waals surface area (Å²) in [5.41, 5.74) is 1.52. The largest absolute Gasteiger partial charge is 0.497 e. The molecule has 1 atom stereocenters. The summed E-state index contributed by atoms with van der Waals surface area (Å²) in [7, 11) is -2.30. The number of fused-ring (bicyclic) bond motifs is 1. The molecule has 1 saturated heterocycles. The van der Waals surface area contributed by atoms with Crippen molar-refractivity contribution < 1.29 is 27.4 Å². The summed E-state index contributed by atoms with van der Waals surface area (Å²) in [6.45, 7) is 0.473. The number of nitrogens with zero attached hydrogens (tertiary/aromatic N) is 2. The number of nitrogens with one attached hydrogen (secondary N) is 1. The third kappa shape index (κ3) is 4.14. The molecule has 33 heavy (non-hydrogen) atoms. The molecule has 0 bridgehead atoms. The maximum absolute atomic E-state index is 13.2. The standard InChI is InChI=1S/C22H21N3O6S2/c1-29-15-5-7-16(8-6-15)33(27,28)25-10-2-3-18(25)21(26)24-22-23-17(12-32-22)14-4-9-19-20(11-14)31-13-30-19/h4-9,11-12,18H,2-3,10,13H2,1H3,(H,23,24,26)/t18-/m0/s1. The topological polar surface area (TPSA) is 107 Å². The van der Waals surface area contributed by atoms with Gasteiger partial charge in [-0.05, 0) is 55.3 Å². The number of anilines is 1. The molecule has 5 rings (SSSR count). The fourth-order valence-electron chi connectivity index (χ4n) is 3.88. The number of aromatic nitrogens is 1. The van der Waals surface area contributed by atoms with Gasteiger partial charge in [0, 0.05) is 17.5 Å². The molecule has 0 radical (unpaired) electrons. The van der Waals surface area contributed by atoms with E-state index in [1.165, 1.54) is 34.9 Å². The number of carbonyl (C=O) groups excluding carboxylic acids is 1. The molecule has 172 valence electrons. The smallest absolute Gasteiger partial charge is 0.244 e. The van der Waals surface area contributed by atoms with Gasteiger partial charge in [-0.15, -0.1) is 11.3 Å². The van der Waals surface area contributed by atoms with Gasteiger partial charge in [0.2, 0.25) is 22.7 Å². The van der Waals surface area contributed by atoms with Gasteiger partial charge < -0.3 is 19.5 Å². The van der Waals surface area contributed by atoms with E-state index < -0.39 is 22.0 Å². The minimum Gasteiger partial charge on any atom is -0.497 e. The number of benzene rings is 2. The van der Waals surface area contributed by atoms with Gasteiger partial charge in [0.15, 0.2) is 16.6 Å². The van der Waals surface area contributed by atoms with E-state index in [1.807, 2.05) is 23.6 Å². The molecule has 3 heterocycles. The summed E-state index contributed by atoms with van der Waals surface area (Å²) in [6, 6.07) is 10.9. The average Bonchev–Trinajstić information content (AvgIpc) is 3.59. The molecule has 9 nitrogen and oxygen atoms in total. The molecule has 2 aliphatic heterocycles. The first-order valence-corrected chi connectivity index (χ1v) is 12.6. The van der Waals surface area contributed by atoms with Gasteiger partial charge in [0.05, 0.1) is 17.7 Å². The van der Waals surface area contributed by atoms with Crippen LogP contribution in [0, 0.1) is 0 Å². The van der Waals surface area contributed by atoms with Crippen LogP contribution in [0.2, 0.25) is 0 Å². The molecule has 1 amide bonds. The Morgan fingerprint density at radius 3 is 2.76 bits per heavy atom. The molecule has 0 aliphatic carbocycles. The predicted molar refractivity (Wildman–Crippen MR) is 122 cm³/mol. The summed E-state index contributed by atoms with van der Waals surface area (Å²) in [6.07, 6.45) is 1.05. The number of thiazole rings is 1. The van der Waals surface area contributed by atoms with E-state index in [9.17, 15) is 13.2 Å². The maximum Gasteiger partial charge on any atom is 0.244 e. The van der Waals surface area contributed by atoms with Crippen molar-refractivity contribution >= 4 is 32.4 Å². The Balaban J connectivity index is 1.31. The van der Waals surface area contributed by atoms with E-state index in [1.54, 1.807) is 12.1 Å². The van der Waals surface area contributed by atoms with Crippen molar-refractivity contribution in [3.63, 3.8) is 0 Å². The lowest BCUT2D eigenvalue weighted by atomic mass is 10.1. The van der Waals surface area contributed by atoms with Gasteiger partial charge in [-0.3, -0.25) is 4.79 Å². The fraction of sp³-hybridized carbons (Fsp3) is 0.273. The zero-order chi connectivity index (χ0) is 23.0. The number of ether oxygens (including phenoxy) is 3. The Bertz CT molecular complexity index is 1290. The summed E-state index contributed by atoms with van der Waals surface area (Å²) in [4.78, 5) is 17.6. The Labute approximate surface area is 195 Å². The minimum absolute atomic E-state index is 0.127. The molecule has 1 fully saturated rings. The molecule has 2 aromatic carbocycles. The number of methoxy groups -OCH3 is 1. The summed E-state index contributed by atoms with van der Waals surface area (Å²) < 4.78 is 43.4. The Morgan fingerprint density at radius 1 is 1.18 bits per heavy atom. The number of rotatable bonds is 6. The van der Waals surface area contributed by atoms with Crippen LogP contribution in [-0.2, 0) is 14.8 Å². The lowest BCUT2D eigenvalue weighted by molar-refractivity contribution is -0.119. The second-order valence-corrected chi connectivity index (χ2v) is 10.3. The zero-order valence-corrected chi connectivity index (χ0v) is 19.3. The Hall–Kier alpha value is -3.15. The van der Waals surface area contributed by atoms with Crippen LogP contribution in [0.4, 0.5) is 5.13 Å². The molecule has 2 aliphatic rings. The summed E-state index contributed by atoms with van der Waals surface area (Å²) >= 11 is 1.28. The number of carbonyl (C=O) groups is 1. The molecule has 0 unspecified atom stereocenters. The van der Waals surface area contributed by atoms with Crippen LogP contribution in [-0.4, -0.2) is 50.1 Å². The SMILES string of the molecule is COc1ccc(S(=O)(=O)N2CCC[C@H]2C(=O)Nc2nc(-c3ccc4c(c3)OCO4)cs2)cc1. The quantitative estimate of drug-likeness (QED) is 0.568. The second kappa shape index (κ2) is 8.65. The van der Waals surface area contributed by atoms with E-state index in [0.29, 0.717) is 40.9 Å². The average molecular weight is 488 g/mol. The molecule has 1 N–H and O–H groups in total. The van der Waals surface area contributed by atoms with E-state index in [0.717, 1.165) is 5.56 Å². The lowest BCUT2D eigenvalue weighted by Crippen LogP contribution is -2.43. The molecular weight excluding hydrogens is 466 g/mol. The van der Waals surface area contributed by atoms with Crippen LogP contribution < -0.4 is 19.5 Å². The molecule has 0 spiro atoms. The lowest BCUT2D eigenvalue weighted by Gasteiger charge is -2.23. The van der Waals surface area contributed by atoms with Crippen molar-refractivity contribution in [1.82, 2.24) is 9.29 Å². The normalized spacial score (nSPS) is 17.8. The summed E-state index contributed by atoms with van der Waals surface area (Å²) in [5.74, 6) is 1.50. The number of sulfonamides is 1. The highest BCUT2D eigenvalue weighted by Crippen LogP contribution is 2.37. The van der Waals surface area contributed by atoms with Crippen molar-refractivity contribution in [3.05, 3.63) is 47.8 Å². The minimum atomic E-state index is -3.82. The van der Waals surface area contributed by atoms with Crippen LogP contribution in [0.5, 0.6) is 17.2 Å². The zero-order valence-electron chi connectivity index (χ0n) is 17.7. The van der Waals surface area contributed by atoms with Crippen LogP contribution in [0.25, 0.3) is 11.3 Å². The van der Waals surface area contributed by atoms with Crippen molar-refractivity contribution in [2.24, 2.45) is 0 Å². The number of hydrogen-bond donors (Lipinski definition) is 1. The molecule has 11 heteroatoms. The summed E-state index contributed by atoms with van der Waals surface area (Å²) in [5, 5.41) is 5.02. The van der Waals surface area contributed by atoms with E-state index in [4.69, 9.17) is 14.2 Å². The van der Waals surface area contributed by atoms with Gasteiger partial charge >= 0.3 is 0 Å². The molecule has 3 aromatic rings. The van der Waals surface area contributed by atoms with Gasteiger partial charge in [-0.25, -0.2) is 13.4 Å². The molecule has 1 aromatic heterocycles. The number of amides is 1.